The molecule has 1 aromatic rings. The molecule has 0 spiro atoms. The lowest BCUT2D eigenvalue weighted by molar-refractivity contribution is -0.120. The summed E-state index contributed by atoms with van der Waals surface area (Å²) in [5, 5.41) is 5.63. The van der Waals surface area contributed by atoms with Gasteiger partial charge in [0, 0.05) is 6.54 Å². The van der Waals surface area contributed by atoms with E-state index in [9.17, 15) is 4.79 Å². The number of likely N-dealkylation sites (N-methyl/N-ethyl adjacent to an activating group) is 1. The molecule has 3 nitrogen and oxygen atoms in total. The largest absolute Gasteiger partial charge is 0.355 e. The monoisotopic (exact) mass is 228 g/mol. The number of hydrogen-bond acceptors (Lipinski definition) is 2. The van der Waals surface area contributed by atoms with Gasteiger partial charge in [0.2, 0.25) is 5.91 Å². The third-order valence-corrected chi connectivity index (χ3v) is 1.92. The smallest absolute Gasteiger partial charge is 0.233 e. The number of benzene rings is 1. The summed E-state index contributed by atoms with van der Waals surface area (Å²) in [5.41, 5.74) is 1.25. The molecule has 1 aromatic carbocycles. The van der Waals surface area contributed by atoms with E-state index in [0.717, 1.165) is 6.42 Å². The first-order valence-corrected chi connectivity index (χ1v) is 4.78. The van der Waals surface area contributed by atoms with Gasteiger partial charge < -0.3 is 10.6 Å². The van der Waals surface area contributed by atoms with Crippen LogP contribution < -0.4 is 10.6 Å². The predicted molar refractivity (Wildman–Crippen MR) is 64.3 cm³/mol. The van der Waals surface area contributed by atoms with Crippen molar-refractivity contribution < 1.29 is 4.79 Å². The minimum atomic E-state index is 0. The molecular formula is C11H17ClN2O. The van der Waals surface area contributed by atoms with Crippen LogP contribution in [0.1, 0.15) is 5.56 Å². The molecule has 0 aromatic heterocycles. The van der Waals surface area contributed by atoms with Gasteiger partial charge in [-0.25, -0.2) is 0 Å². The molecule has 0 heterocycles. The summed E-state index contributed by atoms with van der Waals surface area (Å²) in [6.07, 6.45) is 0.885. The molecule has 0 unspecified atom stereocenters. The standard InChI is InChI=1S/C11H16N2O.ClH/c1-12-9-11(14)13-8-7-10-5-3-2-4-6-10;/h2-6,12H,7-9H2,1H3,(H,13,14);1H. The highest BCUT2D eigenvalue weighted by Gasteiger charge is 1.97. The Labute approximate surface area is 96.7 Å². The molecular weight excluding hydrogens is 212 g/mol. The Balaban J connectivity index is 0.00000196. The number of halogens is 1. The van der Waals surface area contributed by atoms with Gasteiger partial charge in [0.1, 0.15) is 0 Å². The molecule has 0 aliphatic carbocycles. The van der Waals surface area contributed by atoms with Crippen LogP contribution in [0.4, 0.5) is 0 Å². The molecule has 1 amide bonds. The van der Waals surface area contributed by atoms with Crippen LogP contribution in [-0.4, -0.2) is 26.0 Å². The van der Waals surface area contributed by atoms with E-state index in [0.29, 0.717) is 13.1 Å². The molecule has 0 saturated carbocycles. The average Bonchev–Trinajstić information content (AvgIpc) is 2.20. The van der Waals surface area contributed by atoms with Gasteiger partial charge >= 0.3 is 0 Å². The van der Waals surface area contributed by atoms with Crippen molar-refractivity contribution in [3.63, 3.8) is 0 Å². The lowest BCUT2D eigenvalue weighted by atomic mass is 10.1. The topological polar surface area (TPSA) is 41.1 Å². The summed E-state index contributed by atoms with van der Waals surface area (Å²) < 4.78 is 0. The Morgan fingerprint density at radius 3 is 2.53 bits per heavy atom. The van der Waals surface area contributed by atoms with Crippen molar-refractivity contribution >= 4 is 18.3 Å². The van der Waals surface area contributed by atoms with Crippen LogP contribution in [0.3, 0.4) is 0 Å². The number of amides is 1. The molecule has 4 heteroatoms. The summed E-state index contributed by atoms with van der Waals surface area (Å²) in [7, 11) is 1.76. The second-order valence-corrected chi connectivity index (χ2v) is 3.12. The maximum atomic E-state index is 11.1. The van der Waals surface area contributed by atoms with E-state index in [1.807, 2.05) is 18.2 Å². The van der Waals surface area contributed by atoms with Crippen molar-refractivity contribution in [3.05, 3.63) is 35.9 Å². The molecule has 1 rings (SSSR count). The van der Waals surface area contributed by atoms with Gasteiger partial charge in [0.25, 0.3) is 0 Å². The predicted octanol–water partition coefficient (Wildman–Crippen LogP) is 0.986. The van der Waals surface area contributed by atoms with Crippen molar-refractivity contribution in [2.24, 2.45) is 0 Å². The van der Waals surface area contributed by atoms with Crippen LogP contribution >= 0.6 is 12.4 Å². The fourth-order valence-electron chi connectivity index (χ4n) is 1.21. The summed E-state index contributed by atoms with van der Waals surface area (Å²) in [6, 6.07) is 10.1. The van der Waals surface area contributed by atoms with E-state index in [-0.39, 0.29) is 18.3 Å². The third kappa shape index (κ3) is 6.10. The van der Waals surface area contributed by atoms with Crippen molar-refractivity contribution in [1.82, 2.24) is 10.6 Å². The van der Waals surface area contributed by atoms with Gasteiger partial charge in [-0.2, -0.15) is 0 Å². The Morgan fingerprint density at radius 1 is 1.27 bits per heavy atom. The first kappa shape index (κ1) is 13.9. The fraction of sp³-hybridized carbons (Fsp3) is 0.364. The van der Waals surface area contributed by atoms with E-state index in [2.05, 4.69) is 22.8 Å². The Hall–Kier alpha value is -1.06. The van der Waals surface area contributed by atoms with Crippen LogP contribution in [0.2, 0.25) is 0 Å². The Morgan fingerprint density at radius 2 is 1.93 bits per heavy atom. The Kier molecular flexibility index (Phi) is 7.68. The lowest BCUT2D eigenvalue weighted by Gasteiger charge is -2.04. The minimum absolute atomic E-state index is 0. The average molecular weight is 229 g/mol. The van der Waals surface area contributed by atoms with E-state index in [4.69, 9.17) is 0 Å². The highest BCUT2D eigenvalue weighted by molar-refractivity contribution is 5.85. The van der Waals surface area contributed by atoms with Gasteiger partial charge in [-0.3, -0.25) is 4.79 Å². The zero-order valence-corrected chi connectivity index (χ0v) is 9.64. The molecule has 84 valence electrons. The quantitative estimate of drug-likeness (QED) is 0.789. The molecule has 0 radical (unpaired) electrons. The molecule has 0 saturated heterocycles. The highest BCUT2D eigenvalue weighted by atomic mass is 35.5. The van der Waals surface area contributed by atoms with Crippen LogP contribution in [-0.2, 0) is 11.2 Å². The number of carbonyl (C=O) groups is 1. The second kappa shape index (κ2) is 8.26. The zero-order chi connectivity index (χ0) is 10.2. The highest BCUT2D eigenvalue weighted by Crippen LogP contribution is 1.97. The van der Waals surface area contributed by atoms with E-state index in [1.165, 1.54) is 5.56 Å². The first-order chi connectivity index (χ1) is 6.83. The molecule has 0 atom stereocenters. The molecule has 0 aliphatic heterocycles. The van der Waals surface area contributed by atoms with Crippen molar-refractivity contribution in [3.8, 4) is 0 Å². The molecule has 0 bridgehead atoms. The summed E-state index contributed by atoms with van der Waals surface area (Å²) in [5.74, 6) is 0.0448. The first-order valence-electron chi connectivity index (χ1n) is 4.78. The number of hydrogen-bond donors (Lipinski definition) is 2. The molecule has 15 heavy (non-hydrogen) atoms. The summed E-state index contributed by atoms with van der Waals surface area (Å²) in [4.78, 5) is 11.1. The lowest BCUT2D eigenvalue weighted by Crippen LogP contribution is -2.33. The fourth-order valence-corrected chi connectivity index (χ4v) is 1.21. The van der Waals surface area contributed by atoms with Gasteiger partial charge in [0.05, 0.1) is 6.54 Å². The molecule has 0 aliphatic rings. The van der Waals surface area contributed by atoms with Crippen molar-refractivity contribution in [1.29, 1.82) is 0 Å². The van der Waals surface area contributed by atoms with E-state index < -0.39 is 0 Å². The Bertz CT molecular complexity index is 277. The minimum Gasteiger partial charge on any atom is -0.355 e. The van der Waals surface area contributed by atoms with Gasteiger partial charge in [-0.15, -0.1) is 12.4 Å². The van der Waals surface area contributed by atoms with Gasteiger partial charge in [-0.1, -0.05) is 30.3 Å². The normalized spacial score (nSPS) is 9.13. The van der Waals surface area contributed by atoms with Crippen LogP contribution in [0.5, 0.6) is 0 Å². The maximum absolute atomic E-state index is 11.1. The third-order valence-electron chi connectivity index (χ3n) is 1.92. The van der Waals surface area contributed by atoms with E-state index in [1.54, 1.807) is 7.05 Å². The zero-order valence-electron chi connectivity index (χ0n) is 8.82. The SMILES string of the molecule is CNCC(=O)NCCc1ccccc1.Cl. The summed E-state index contributed by atoms with van der Waals surface area (Å²) in [6.45, 7) is 1.08. The molecule has 2 N–H and O–H groups in total. The van der Waals surface area contributed by atoms with Crippen LogP contribution in [0, 0.1) is 0 Å². The van der Waals surface area contributed by atoms with Gasteiger partial charge in [0.15, 0.2) is 0 Å². The number of nitrogens with one attached hydrogen (secondary N) is 2. The summed E-state index contributed by atoms with van der Waals surface area (Å²) >= 11 is 0. The second-order valence-electron chi connectivity index (χ2n) is 3.12. The number of carbonyl (C=O) groups excluding carboxylic acids is 1. The van der Waals surface area contributed by atoms with Gasteiger partial charge in [-0.05, 0) is 19.0 Å². The number of rotatable bonds is 5. The van der Waals surface area contributed by atoms with Crippen LogP contribution in [0.15, 0.2) is 30.3 Å². The van der Waals surface area contributed by atoms with Crippen molar-refractivity contribution in [2.75, 3.05) is 20.1 Å². The van der Waals surface area contributed by atoms with Crippen LogP contribution in [0.25, 0.3) is 0 Å². The van der Waals surface area contributed by atoms with E-state index >= 15 is 0 Å². The maximum Gasteiger partial charge on any atom is 0.233 e. The van der Waals surface area contributed by atoms with Crippen molar-refractivity contribution in [2.45, 2.75) is 6.42 Å². The molecule has 0 fully saturated rings.